The van der Waals surface area contributed by atoms with Gasteiger partial charge in [-0.2, -0.15) is 0 Å². The summed E-state index contributed by atoms with van der Waals surface area (Å²) in [6, 6.07) is 12.8. The van der Waals surface area contributed by atoms with Gasteiger partial charge in [-0.25, -0.2) is 9.97 Å². The molecule has 0 saturated heterocycles. The third-order valence-corrected chi connectivity index (χ3v) is 5.05. The number of H-pyrrole nitrogens is 2. The standard InChI is InChI=1S/C22H20N4O/c1-3-22-24-11-20(26-22)15-5-7-18-17-6-4-14(19-10-23-13(2)25-19)8-16(17)12-27-21(18)9-15/h4-11H,3,12H2,1-2H3,(H,23,25)(H,24,26). The molecule has 0 fully saturated rings. The van der Waals surface area contributed by atoms with E-state index < -0.39 is 0 Å². The van der Waals surface area contributed by atoms with Crippen LogP contribution in [0, 0.1) is 6.92 Å². The SMILES string of the molecule is CCc1ncc(-c2ccc3c(c2)OCc2cc(-c4cnc(C)[nH]4)ccc2-3)[nH]1. The van der Waals surface area contributed by atoms with Crippen molar-refractivity contribution in [3.05, 3.63) is 66.0 Å². The monoisotopic (exact) mass is 356 g/mol. The zero-order valence-corrected chi connectivity index (χ0v) is 15.3. The molecule has 0 saturated carbocycles. The molecule has 2 aromatic heterocycles. The van der Waals surface area contributed by atoms with Crippen LogP contribution in [0.5, 0.6) is 5.75 Å². The lowest BCUT2D eigenvalue weighted by Crippen LogP contribution is -2.05. The van der Waals surface area contributed by atoms with Gasteiger partial charge in [0.1, 0.15) is 24.0 Å². The molecule has 4 aromatic rings. The van der Waals surface area contributed by atoms with Gasteiger partial charge in [0.2, 0.25) is 0 Å². The predicted molar refractivity (Wildman–Crippen MR) is 105 cm³/mol. The second-order valence-corrected chi connectivity index (χ2v) is 6.85. The number of hydrogen-bond acceptors (Lipinski definition) is 3. The maximum Gasteiger partial charge on any atom is 0.128 e. The summed E-state index contributed by atoms with van der Waals surface area (Å²) in [6.45, 7) is 4.62. The van der Waals surface area contributed by atoms with Crippen LogP contribution < -0.4 is 4.74 Å². The van der Waals surface area contributed by atoms with Crippen LogP contribution in [0.4, 0.5) is 0 Å². The van der Waals surface area contributed by atoms with Gasteiger partial charge in [0, 0.05) is 17.5 Å². The first-order valence-corrected chi connectivity index (χ1v) is 9.17. The molecule has 1 aliphatic rings. The zero-order valence-electron chi connectivity index (χ0n) is 15.3. The minimum absolute atomic E-state index is 0.565. The molecule has 2 aromatic carbocycles. The van der Waals surface area contributed by atoms with E-state index in [1.54, 1.807) is 0 Å². The number of aromatic amines is 2. The zero-order chi connectivity index (χ0) is 18.4. The highest BCUT2D eigenvalue weighted by atomic mass is 16.5. The van der Waals surface area contributed by atoms with Gasteiger partial charge < -0.3 is 14.7 Å². The molecular weight excluding hydrogens is 336 g/mol. The molecule has 0 radical (unpaired) electrons. The smallest absolute Gasteiger partial charge is 0.128 e. The Balaban J connectivity index is 1.53. The van der Waals surface area contributed by atoms with Gasteiger partial charge in [-0.3, -0.25) is 0 Å². The summed E-state index contributed by atoms with van der Waals surface area (Å²) in [5.74, 6) is 2.83. The fourth-order valence-electron chi connectivity index (χ4n) is 3.59. The fraction of sp³-hybridized carbons (Fsp3) is 0.182. The van der Waals surface area contributed by atoms with Crippen molar-refractivity contribution >= 4 is 0 Å². The van der Waals surface area contributed by atoms with E-state index in [-0.39, 0.29) is 0 Å². The summed E-state index contributed by atoms with van der Waals surface area (Å²) in [7, 11) is 0. The molecule has 2 N–H and O–H groups in total. The topological polar surface area (TPSA) is 66.6 Å². The van der Waals surface area contributed by atoms with Crippen molar-refractivity contribution in [3.63, 3.8) is 0 Å². The number of fused-ring (bicyclic) bond motifs is 3. The molecule has 3 heterocycles. The van der Waals surface area contributed by atoms with Crippen LogP contribution in [0.3, 0.4) is 0 Å². The lowest BCUT2D eigenvalue weighted by atomic mass is 9.93. The van der Waals surface area contributed by atoms with Crippen molar-refractivity contribution in [2.24, 2.45) is 0 Å². The molecule has 5 nitrogen and oxygen atoms in total. The van der Waals surface area contributed by atoms with Crippen LogP contribution in [0.15, 0.2) is 48.8 Å². The van der Waals surface area contributed by atoms with Crippen LogP contribution in [0.2, 0.25) is 0 Å². The predicted octanol–water partition coefficient (Wildman–Crippen LogP) is 4.90. The molecule has 134 valence electrons. The molecule has 1 aliphatic heterocycles. The Morgan fingerprint density at radius 3 is 2.41 bits per heavy atom. The molecule has 0 aliphatic carbocycles. The first kappa shape index (κ1) is 15.9. The Bertz CT molecular complexity index is 1140. The molecule has 0 spiro atoms. The largest absolute Gasteiger partial charge is 0.488 e. The van der Waals surface area contributed by atoms with Gasteiger partial charge in [-0.05, 0) is 41.8 Å². The van der Waals surface area contributed by atoms with E-state index >= 15 is 0 Å². The summed E-state index contributed by atoms with van der Waals surface area (Å²) in [5.41, 5.74) is 7.81. The van der Waals surface area contributed by atoms with Gasteiger partial charge >= 0.3 is 0 Å². The number of benzene rings is 2. The maximum atomic E-state index is 6.08. The fourth-order valence-corrected chi connectivity index (χ4v) is 3.59. The number of aromatic nitrogens is 4. The first-order valence-electron chi connectivity index (χ1n) is 9.17. The summed E-state index contributed by atoms with van der Waals surface area (Å²) in [5, 5.41) is 0. The number of nitrogens with one attached hydrogen (secondary N) is 2. The average Bonchev–Trinajstić information content (AvgIpc) is 3.36. The van der Waals surface area contributed by atoms with Crippen molar-refractivity contribution in [1.29, 1.82) is 0 Å². The highest BCUT2D eigenvalue weighted by molar-refractivity contribution is 5.80. The van der Waals surface area contributed by atoms with E-state index in [4.69, 9.17) is 4.74 Å². The van der Waals surface area contributed by atoms with E-state index in [9.17, 15) is 0 Å². The van der Waals surface area contributed by atoms with Crippen molar-refractivity contribution in [1.82, 2.24) is 19.9 Å². The highest BCUT2D eigenvalue weighted by Gasteiger charge is 2.19. The Kier molecular flexibility index (Phi) is 3.60. The number of aryl methyl sites for hydroxylation is 2. The summed E-state index contributed by atoms with van der Waals surface area (Å²) in [6.07, 6.45) is 4.65. The molecule has 0 unspecified atom stereocenters. The first-order chi connectivity index (χ1) is 13.2. The second-order valence-electron chi connectivity index (χ2n) is 6.85. The Hall–Kier alpha value is -3.34. The van der Waals surface area contributed by atoms with E-state index in [1.165, 1.54) is 11.1 Å². The maximum absolute atomic E-state index is 6.08. The van der Waals surface area contributed by atoms with E-state index in [1.807, 2.05) is 19.3 Å². The van der Waals surface area contributed by atoms with Gasteiger partial charge in [0.05, 0.1) is 23.8 Å². The van der Waals surface area contributed by atoms with Crippen LogP contribution in [0.25, 0.3) is 33.6 Å². The second kappa shape index (κ2) is 6.13. The van der Waals surface area contributed by atoms with Crippen LogP contribution in [-0.2, 0) is 13.0 Å². The Morgan fingerprint density at radius 2 is 1.67 bits per heavy atom. The van der Waals surface area contributed by atoms with Crippen molar-refractivity contribution in [2.75, 3.05) is 0 Å². The Morgan fingerprint density at radius 1 is 0.926 bits per heavy atom. The van der Waals surface area contributed by atoms with E-state index in [0.717, 1.165) is 51.9 Å². The van der Waals surface area contributed by atoms with Crippen molar-refractivity contribution in [2.45, 2.75) is 26.9 Å². The van der Waals surface area contributed by atoms with Gasteiger partial charge in [-0.15, -0.1) is 0 Å². The molecule has 5 rings (SSSR count). The van der Waals surface area contributed by atoms with E-state index in [2.05, 4.69) is 63.3 Å². The Labute approximate surface area is 157 Å². The van der Waals surface area contributed by atoms with Gasteiger partial charge in [0.15, 0.2) is 0 Å². The van der Waals surface area contributed by atoms with Crippen molar-refractivity contribution < 1.29 is 4.74 Å². The quantitative estimate of drug-likeness (QED) is 0.549. The van der Waals surface area contributed by atoms with Crippen molar-refractivity contribution in [3.8, 4) is 39.4 Å². The third kappa shape index (κ3) is 2.72. The molecule has 0 amide bonds. The lowest BCUT2D eigenvalue weighted by molar-refractivity contribution is 0.302. The van der Waals surface area contributed by atoms with Crippen LogP contribution in [0.1, 0.15) is 24.1 Å². The third-order valence-electron chi connectivity index (χ3n) is 5.05. The van der Waals surface area contributed by atoms with Crippen LogP contribution >= 0.6 is 0 Å². The minimum Gasteiger partial charge on any atom is -0.488 e. The van der Waals surface area contributed by atoms with Gasteiger partial charge in [0.25, 0.3) is 0 Å². The minimum atomic E-state index is 0.565. The summed E-state index contributed by atoms with van der Waals surface area (Å²) < 4.78 is 6.08. The number of nitrogens with zero attached hydrogens (tertiary/aromatic N) is 2. The molecular formula is C22H20N4O. The van der Waals surface area contributed by atoms with Gasteiger partial charge in [-0.1, -0.05) is 25.1 Å². The normalized spacial score (nSPS) is 12.4. The molecule has 0 bridgehead atoms. The van der Waals surface area contributed by atoms with E-state index in [0.29, 0.717) is 6.61 Å². The summed E-state index contributed by atoms with van der Waals surface area (Å²) >= 11 is 0. The average molecular weight is 356 g/mol. The number of rotatable bonds is 3. The molecule has 5 heteroatoms. The highest BCUT2D eigenvalue weighted by Crippen LogP contribution is 2.40. The number of ether oxygens (including phenoxy) is 1. The summed E-state index contributed by atoms with van der Waals surface area (Å²) in [4.78, 5) is 15.3. The number of hydrogen-bond donors (Lipinski definition) is 2. The molecule has 27 heavy (non-hydrogen) atoms. The number of imidazole rings is 2. The van der Waals surface area contributed by atoms with Crippen LogP contribution in [-0.4, -0.2) is 19.9 Å². The molecule has 0 atom stereocenters. The lowest BCUT2D eigenvalue weighted by Gasteiger charge is -2.22.